The minimum atomic E-state index is -4.53. The molecule has 6 heteroatoms. The quantitative estimate of drug-likeness (QED) is 0.773. The zero-order valence-corrected chi connectivity index (χ0v) is 7.02. The van der Waals surface area contributed by atoms with Gasteiger partial charge in [-0.15, -0.1) is 0 Å². The molecular weight excluding hydrogens is 207 g/mol. The minimum Gasteiger partial charge on any atom is -0.390 e. The SMILES string of the molecule is OCc1ncc(Cl)cc1C(F)(F)F. The lowest BCUT2D eigenvalue weighted by Gasteiger charge is -2.09. The number of aliphatic hydroxyl groups is 1. The normalized spacial score (nSPS) is 11.8. The summed E-state index contributed by atoms with van der Waals surface area (Å²) in [6, 6.07) is 0.736. The molecule has 0 aliphatic rings. The van der Waals surface area contributed by atoms with E-state index in [-0.39, 0.29) is 5.02 Å². The molecule has 1 aromatic rings. The van der Waals surface area contributed by atoms with Gasteiger partial charge < -0.3 is 5.11 Å². The van der Waals surface area contributed by atoms with Crippen molar-refractivity contribution in [1.29, 1.82) is 0 Å². The Kier molecular flexibility index (Phi) is 2.77. The standard InChI is InChI=1S/C7H5ClF3NO/c8-4-1-5(7(9,10)11)6(3-13)12-2-4/h1-2,13H,3H2. The number of hydrogen-bond acceptors (Lipinski definition) is 2. The van der Waals surface area contributed by atoms with Gasteiger partial charge in [0.2, 0.25) is 0 Å². The maximum absolute atomic E-state index is 12.2. The zero-order chi connectivity index (χ0) is 10.1. The first-order valence-corrected chi connectivity index (χ1v) is 3.65. The van der Waals surface area contributed by atoms with Crippen LogP contribution in [-0.2, 0) is 12.8 Å². The Labute approximate surface area is 77.0 Å². The van der Waals surface area contributed by atoms with Crippen molar-refractivity contribution in [3.05, 3.63) is 28.5 Å². The van der Waals surface area contributed by atoms with Gasteiger partial charge in [0.05, 0.1) is 22.9 Å². The number of aromatic nitrogens is 1. The molecule has 0 fully saturated rings. The van der Waals surface area contributed by atoms with Crippen LogP contribution in [0, 0.1) is 0 Å². The Morgan fingerprint density at radius 3 is 2.54 bits per heavy atom. The van der Waals surface area contributed by atoms with Crippen LogP contribution < -0.4 is 0 Å². The van der Waals surface area contributed by atoms with Crippen molar-refractivity contribution in [1.82, 2.24) is 4.98 Å². The summed E-state index contributed by atoms with van der Waals surface area (Å²) >= 11 is 5.34. The molecule has 1 rings (SSSR count). The third-order valence-electron chi connectivity index (χ3n) is 1.39. The maximum atomic E-state index is 12.2. The van der Waals surface area contributed by atoms with E-state index in [0.29, 0.717) is 0 Å². The summed E-state index contributed by atoms with van der Waals surface area (Å²) in [7, 11) is 0. The predicted molar refractivity (Wildman–Crippen MR) is 40.2 cm³/mol. The summed E-state index contributed by atoms with van der Waals surface area (Å²) < 4.78 is 36.6. The van der Waals surface area contributed by atoms with Gasteiger partial charge in [0.15, 0.2) is 0 Å². The molecule has 13 heavy (non-hydrogen) atoms. The molecule has 0 spiro atoms. The van der Waals surface area contributed by atoms with Crippen molar-refractivity contribution in [2.24, 2.45) is 0 Å². The van der Waals surface area contributed by atoms with Crippen LogP contribution in [0.5, 0.6) is 0 Å². The Bertz CT molecular complexity index is 313. The first-order chi connectivity index (χ1) is 5.95. The van der Waals surface area contributed by atoms with Crippen LogP contribution in [-0.4, -0.2) is 10.1 Å². The summed E-state index contributed by atoms with van der Waals surface area (Å²) in [5.74, 6) is 0. The number of aliphatic hydroxyl groups excluding tert-OH is 1. The molecule has 0 radical (unpaired) electrons. The number of nitrogens with zero attached hydrogens (tertiary/aromatic N) is 1. The van der Waals surface area contributed by atoms with Crippen LogP contribution in [0.1, 0.15) is 11.3 Å². The summed E-state index contributed by atoms with van der Waals surface area (Å²) in [4.78, 5) is 3.36. The highest BCUT2D eigenvalue weighted by molar-refractivity contribution is 6.30. The fourth-order valence-electron chi connectivity index (χ4n) is 0.839. The monoisotopic (exact) mass is 211 g/mol. The van der Waals surface area contributed by atoms with Crippen LogP contribution in [0.25, 0.3) is 0 Å². The topological polar surface area (TPSA) is 33.1 Å². The van der Waals surface area contributed by atoms with Crippen molar-refractivity contribution in [3.8, 4) is 0 Å². The number of alkyl halides is 3. The molecule has 0 saturated heterocycles. The number of hydrogen-bond donors (Lipinski definition) is 1. The first kappa shape index (κ1) is 10.3. The van der Waals surface area contributed by atoms with Crippen LogP contribution in [0.4, 0.5) is 13.2 Å². The molecule has 72 valence electrons. The fourth-order valence-corrected chi connectivity index (χ4v) is 0.997. The average Bonchev–Trinajstić information content (AvgIpc) is 2.03. The lowest BCUT2D eigenvalue weighted by Crippen LogP contribution is -2.10. The third-order valence-corrected chi connectivity index (χ3v) is 1.60. The molecule has 1 N–H and O–H groups in total. The smallest absolute Gasteiger partial charge is 0.390 e. The summed E-state index contributed by atoms with van der Waals surface area (Å²) in [6.45, 7) is -0.758. The third kappa shape index (κ3) is 2.32. The molecular formula is C7H5ClF3NO. The van der Waals surface area contributed by atoms with E-state index in [0.717, 1.165) is 12.3 Å². The average molecular weight is 212 g/mol. The molecule has 2 nitrogen and oxygen atoms in total. The Balaban J connectivity index is 3.24. The fraction of sp³-hybridized carbons (Fsp3) is 0.286. The predicted octanol–water partition coefficient (Wildman–Crippen LogP) is 2.25. The summed E-state index contributed by atoms with van der Waals surface area (Å²) in [5, 5.41) is 8.46. The highest BCUT2D eigenvalue weighted by Crippen LogP contribution is 2.32. The van der Waals surface area contributed by atoms with Gasteiger partial charge in [-0.2, -0.15) is 13.2 Å². The van der Waals surface area contributed by atoms with E-state index in [1.807, 2.05) is 0 Å². The van der Waals surface area contributed by atoms with Crippen LogP contribution in [0.3, 0.4) is 0 Å². The first-order valence-electron chi connectivity index (χ1n) is 3.27. The van der Waals surface area contributed by atoms with Crippen molar-refractivity contribution in [2.75, 3.05) is 0 Å². The van der Waals surface area contributed by atoms with Crippen molar-refractivity contribution >= 4 is 11.6 Å². The van der Waals surface area contributed by atoms with E-state index < -0.39 is 24.0 Å². The van der Waals surface area contributed by atoms with E-state index in [1.165, 1.54) is 0 Å². The lowest BCUT2D eigenvalue weighted by atomic mass is 10.2. The molecule has 0 bridgehead atoms. The largest absolute Gasteiger partial charge is 0.418 e. The van der Waals surface area contributed by atoms with Gasteiger partial charge in [0, 0.05) is 6.20 Å². The van der Waals surface area contributed by atoms with Crippen LogP contribution in [0.2, 0.25) is 5.02 Å². The van der Waals surface area contributed by atoms with Gasteiger partial charge in [0.1, 0.15) is 0 Å². The molecule has 0 unspecified atom stereocenters. The highest BCUT2D eigenvalue weighted by Gasteiger charge is 2.34. The van der Waals surface area contributed by atoms with E-state index >= 15 is 0 Å². The molecule has 1 aromatic heterocycles. The molecule has 0 saturated carbocycles. The highest BCUT2D eigenvalue weighted by atomic mass is 35.5. The van der Waals surface area contributed by atoms with E-state index in [4.69, 9.17) is 16.7 Å². The molecule has 0 aliphatic carbocycles. The van der Waals surface area contributed by atoms with Crippen molar-refractivity contribution in [2.45, 2.75) is 12.8 Å². The molecule has 0 amide bonds. The summed E-state index contributed by atoms with van der Waals surface area (Å²) in [6.07, 6.45) is -3.47. The van der Waals surface area contributed by atoms with Crippen LogP contribution in [0.15, 0.2) is 12.3 Å². The van der Waals surface area contributed by atoms with Gasteiger partial charge in [0.25, 0.3) is 0 Å². The van der Waals surface area contributed by atoms with Crippen molar-refractivity contribution < 1.29 is 18.3 Å². The van der Waals surface area contributed by atoms with Gasteiger partial charge in [-0.25, -0.2) is 0 Å². The Hall–Kier alpha value is -0.810. The molecule has 0 aliphatic heterocycles. The second-order valence-corrected chi connectivity index (χ2v) is 2.74. The lowest BCUT2D eigenvalue weighted by molar-refractivity contribution is -0.139. The van der Waals surface area contributed by atoms with Gasteiger partial charge in [-0.3, -0.25) is 4.98 Å². The second-order valence-electron chi connectivity index (χ2n) is 2.30. The number of rotatable bonds is 1. The second kappa shape index (κ2) is 3.51. The van der Waals surface area contributed by atoms with Crippen LogP contribution >= 0.6 is 11.6 Å². The van der Waals surface area contributed by atoms with Crippen molar-refractivity contribution in [3.63, 3.8) is 0 Å². The molecule has 0 atom stereocenters. The van der Waals surface area contributed by atoms with Gasteiger partial charge in [-0.1, -0.05) is 11.6 Å². The number of pyridine rings is 1. The van der Waals surface area contributed by atoms with E-state index in [1.54, 1.807) is 0 Å². The van der Waals surface area contributed by atoms with Gasteiger partial charge in [-0.05, 0) is 6.07 Å². The van der Waals surface area contributed by atoms with E-state index in [2.05, 4.69) is 4.98 Å². The minimum absolute atomic E-state index is 0.107. The summed E-state index contributed by atoms with van der Waals surface area (Å²) in [5.41, 5.74) is -1.42. The molecule has 0 aromatic carbocycles. The number of halogens is 4. The Morgan fingerprint density at radius 1 is 1.46 bits per heavy atom. The maximum Gasteiger partial charge on any atom is 0.418 e. The van der Waals surface area contributed by atoms with Gasteiger partial charge >= 0.3 is 6.18 Å². The Morgan fingerprint density at radius 2 is 2.08 bits per heavy atom. The zero-order valence-electron chi connectivity index (χ0n) is 6.27. The van der Waals surface area contributed by atoms with E-state index in [9.17, 15) is 13.2 Å². The molecule has 1 heterocycles.